The van der Waals surface area contributed by atoms with Gasteiger partial charge >= 0.3 is 0 Å². The van der Waals surface area contributed by atoms with Crippen LogP contribution in [0.4, 0.5) is 0 Å². The summed E-state index contributed by atoms with van der Waals surface area (Å²) in [4.78, 5) is 0. The maximum absolute atomic E-state index is 8.84. The Morgan fingerprint density at radius 3 is 2.19 bits per heavy atom. The lowest BCUT2D eigenvalue weighted by atomic mass is 10.0. The van der Waals surface area contributed by atoms with Crippen molar-refractivity contribution in [2.24, 2.45) is 0 Å². The van der Waals surface area contributed by atoms with Crippen molar-refractivity contribution in [2.45, 2.75) is 84.0 Å². The minimum absolute atomic E-state index is 0.0968. The molecule has 0 atom stereocenters. The minimum atomic E-state index is 0.0968. The van der Waals surface area contributed by atoms with Gasteiger partial charge in [0, 0.05) is 0 Å². The zero-order chi connectivity index (χ0) is 19.6. The van der Waals surface area contributed by atoms with Crippen molar-refractivity contribution < 1.29 is 9.84 Å². The van der Waals surface area contributed by atoms with E-state index in [1.807, 2.05) is 12.2 Å². The van der Waals surface area contributed by atoms with Crippen LogP contribution in [0.15, 0.2) is 43.0 Å². The average molecular weight is 373 g/mol. The summed E-state index contributed by atoms with van der Waals surface area (Å²) >= 11 is 0. The molecule has 0 aliphatic heterocycles. The topological polar surface area (TPSA) is 29.5 Å². The molecule has 0 radical (unpaired) electrons. The summed E-state index contributed by atoms with van der Waals surface area (Å²) < 4.78 is 6.04. The summed E-state index contributed by atoms with van der Waals surface area (Å²) in [7, 11) is 0. The maximum Gasteiger partial charge on any atom is 0.122 e. The molecule has 1 aromatic carbocycles. The zero-order valence-electron chi connectivity index (χ0n) is 17.4. The van der Waals surface area contributed by atoms with Gasteiger partial charge in [-0.2, -0.15) is 0 Å². The zero-order valence-corrected chi connectivity index (χ0v) is 17.4. The molecule has 0 amide bonds. The van der Waals surface area contributed by atoms with Crippen LogP contribution in [0.25, 0.3) is 0 Å². The molecule has 0 heterocycles. The molecular formula is C25H40O2. The molecule has 2 nitrogen and oxygen atoms in total. The molecule has 0 saturated heterocycles. The number of benzene rings is 1. The number of aliphatic hydroxyl groups is 1. The van der Waals surface area contributed by atoms with Gasteiger partial charge in [-0.05, 0) is 36.5 Å². The second-order valence-corrected chi connectivity index (χ2v) is 7.32. The molecule has 0 fully saturated rings. The van der Waals surface area contributed by atoms with E-state index in [1.165, 1.54) is 68.9 Å². The molecule has 1 rings (SSSR count). The van der Waals surface area contributed by atoms with Crippen LogP contribution in [0, 0.1) is 0 Å². The quantitative estimate of drug-likeness (QED) is 0.240. The summed E-state index contributed by atoms with van der Waals surface area (Å²) in [5.41, 5.74) is 2.44. The Balaban J connectivity index is 2.23. The average Bonchev–Trinajstić information content (AvgIpc) is 2.68. The number of ether oxygens (including phenoxy) is 1. The summed E-state index contributed by atoms with van der Waals surface area (Å²) in [5.74, 6) is 0.987. The van der Waals surface area contributed by atoms with Gasteiger partial charge in [0.15, 0.2) is 0 Å². The first-order chi connectivity index (χ1) is 13.3. The van der Waals surface area contributed by atoms with E-state index in [4.69, 9.17) is 9.84 Å². The molecule has 0 aliphatic rings. The van der Waals surface area contributed by atoms with Crippen molar-refractivity contribution >= 4 is 0 Å². The molecule has 0 saturated carbocycles. The first-order valence-electron chi connectivity index (χ1n) is 10.9. The third-order valence-electron chi connectivity index (χ3n) is 4.87. The van der Waals surface area contributed by atoms with Gasteiger partial charge in [0.2, 0.25) is 0 Å². The Bertz CT molecular complexity index is 519. The Morgan fingerprint density at radius 1 is 0.889 bits per heavy atom. The van der Waals surface area contributed by atoms with Crippen LogP contribution in [-0.4, -0.2) is 18.3 Å². The van der Waals surface area contributed by atoms with Gasteiger partial charge in [-0.25, -0.2) is 0 Å². The Kier molecular flexibility index (Phi) is 14.5. The van der Waals surface area contributed by atoms with Crippen molar-refractivity contribution in [3.8, 4) is 5.75 Å². The highest BCUT2D eigenvalue weighted by atomic mass is 16.5. The molecule has 27 heavy (non-hydrogen) atoms. The first kappa shape index (κ1) is 23.5. The predicted molar refractivity (Wildman–Crippen MR) is 118 cm³/mol. The van der Waals surface area contributed by atoms with Crippen LogP contribution in [-0.2, 0) is 12.8 Å². The van der Waals surface area contributed by atoms with Crippen LogP contribution in [0.3, 0.4) is 0 Å². The summed E-state index contributed by atoms with van der Waals surface area (Å²) in [5, 5.41) is 8.84. The number of hydrogen-bond donors (Lipinski definition) is 1. The maximum atomic E-state index is 8.84. The lowest BCUT2D eigenvalue weighted by molar-refractivity contribution is 0.301. The largest absolute Gasteiger partial charge is 0.493 e. The van der Waals surface area contributed by atoms with Crippen molar-refractivity contribution in [3.05, 3.63) is 54.1 Å². The van der Waals surface area contributed by atoms with Crippen LogP contribution >= 0.6 is 0 Å². The SMILES string of the molecule is C=CCc1cc(CC=CCO)ccc1OCCCCCCCCCCCC. The highest BCUT2D eigenvalue weighted by molar-refractivity contribution is 5.39. The van der Waals surface area contributed by atoms with E-state index in [1.54, 1.807) is 6.08 Å². The van der Waals surface area contributed by atoms with Gasteiger partial charge in [0.25, 0.3) is 0 Å². The monoisotopic (exact) mass is 372 g/mol. The van der Waals surface area contributed by atoms with E-state index in [2.05, 4.69) is 31.7 Å². The van der Waals surface area contributed by atoms with Crippen LogP contribution in [0.2, 0.25) is 0 Å². The number of aliphatic hydroxyl groups excluding tert-OH is 1. The van der Waals surface area contributed by atoms with Crippen molar-refractivity contribution in [1.82, 2.24) is 0 Å². The van der Waals surface area contributed by atoms with E-state index >= 15 is 0 Å². The van der Waals surface area contributed by atoms with Crippen LogP contribution in [0.1, 0.15) is 82.3 Å². The molecule has 0 bridgehead atoms. The Hall–Kier alpha value is -1.54. The van der Waals surface area contributed by atoms with Gasteiger partial charge in [-0.15, -0.1) is 6.58 Å². The van der Waals surface area contributed by atoms with E-state index in [-0.39, 0.29) is 6.61 Å². The van der Waals surface area contributed by atoms with Gasteiger partial charge < -0.3 is 9.84 Å². The fourth-order valence-corrected chi connectivity index (χ4v) is 3.28. The third-order valence-corrected chi connectivity index (χ3v) is 4.87. The molecular weight excluding hydrogens is 332 g/mol. The van der Waals surface area contributed by atoms with Crippen molar-refractivity contribution in [1.29, 1.82) is 0 Å². The number of allylic oxidation sites excluding steroid dienone is 2. The second kappa shape index (κ2) is 16.6. The standard InChI is InChI=1S/C25H40O2/c1-3-5-6-7-8-9-10-11-12-15-21-27-25-19-18-23(17-13-14-20-26)22-24(25)16-4-2/h4,13-14,18-19,22,26H,2-3,5-12,15-17,20-21H2,1H3. The molecule has 0 spiro atoms. The minimum Gasteiger partial charge on any atom is -0.493 e. The highest BCUT2D eigenvalue weighted by Crippen LogP contribution is 2.22. The highest BCUT2D eigenvalue weighted by Gasteiger charge is 2.04. The Morgan fingerprint density at radius 2 is 1.56 bits per heavy atom. The van der Waals surface area contributed by atoms with E-state index in [9.17, 15) is 0 Å². The van der Waals surface area contributed by atoms with Crippen LogP contribution < -0.4 is 4.74 Å². The molecule has 0 unspecified atom stereocenters. The summed E-state index contributed by atoms with van der Waals surface area (Å²) in [6.45, 7) is 7.03. The summed E-state index contributed by atoms with van der Waals surface area (Å²) in [6, 6.07) is 6.39. The van der Waals surface area contributed by atoms with Crippen molar-refractivity contribution in [3.63, 3.8) is 0 Å². The smallest absolute Gasteiger partial charge is 0.122 e. The molecule has 1 N–H and O–H groups in total. The van der Waals surface area contributed by atoms with E-state index in [0.717, 1.165) is 31.6 Å². The van der Waals surface area contributed by atoms with Gasteiger partial charge in [-0.3, -0.25) is 0 Å². The fourth-order valence-electron chi connectivity index (χ4n) is 3.28. The molecule has 0 aliphatic carbocycles. The molecule has 1 aromatic rings. The second-order valence-electron chi connectivity index (χ2n) is 7.32. The van der Waals surface area contributed by atoms with E-state index < -0.39 is 0 Å². The van der Waals surface area contributed by atoms with Gasteiger partial charge in [0.05, 0.1) is 13.2 Å². The normalized spacial score (nSPS) is 11.2. The van der Waals surface area contributed by atoms with Gasteiger partial charge in [-0.1, -0.05) is 95.1 Å². The molecule has 152 valence electrons. The fraction of sp³-hybridized carbons (Fsp3) is 0.600. The Labute approximate surface area is 167 Å². The molecule has 0 aromatic heterocycles. The molecule has 2 heteroatoms. The first-order valence-corrected chi connectivity index (χ1v) is 10.9. The predicted octanol–water partition coefficient (Wildman–Crippen LogP) is 6.81. The number of rotatable bonds is 17. The lowest BCUT2D eigenvalue weighted by Crippen LogP contribution is -2.01. The lowest BCUT2D eigenvalue weighted by Gasteiger charge is -2.12. The number of hydrogen-bond acceptors (Lipinski definition) is 2. The number of unbranched alkanes of at least 4 members (excludes halogenated alkanes) is 9. The van der Waals surface area contributed by atoms with Crippen molar-refractivity contribution in [2.75, 3.05) is 13.2 Å². The third kappa shape index (κ3) is 11.7. The summed E-state index contributed by atoms with van der Waals surface area (Å²) in [6.07, 6.45) is 20.8. The van der Waals surface area contributed by atoms with Gasteiger partial charge in [0.1, 0.15) is 5.75 Å². The van der Waals surface area contributed by atoms with E-state index in [0.29, 0.717) is 0 Å². The van der Waals surface area contributed by atoms with Crippen LogP contribution in [0.5, 0.6) is 5.75 Å².